The lowest BCUT2D eigenvalue weighted by molar-refractivity contribution is 0.672. The lowest BCUT2D eigenvalue weighted by Gasteiger charge is -2.11. The molecule has 0 unspecified atom stereocenters. The number of benzene rings is 9. The van der Waals surface area contributed by atoms with Crippen LogP contribution in [0.1, 0.15) is 0 Å². The van der Waals surface area contributed by atoms with Crippen molar-refractivity contribution in [2.45, 2.75) is 0 Å². The van der Waals surface area contributed by atoms with E-state index in [4.69, 9.17) is 19.4 Å². The fourth-order valence-electron chi connectivity index (χ4n) is 8.60. The number of nitrogens with zero attached hydrogens (tertiary/aromatic N) is 4. The van der Waals surface area contributed by atoms with E-state index in [9.17, 15) is 0 Å². The molecule has 12 rings (SSSR count). The van der Waals surface area contributed by atoms with Crippen LogP contribution in [0, 0.1) is 0 Å². The molecule has 3 aromatic heterocycles. The standard InChI is InChI=1S/C51H30N4O/c1-3-14-32(15-4-1)49-52-50(33-16-5-2-6-17-33)54-51(53-49)42-28-36-20-10-12-22-39(36)48-47(42)40-25-24-37(30-45(40)56-48)55-43-26-23-31-13-9-11-21-38(31)46(43)41-27-34-18-7-8-19-35(34)29-44(41)55/h1-30H. The van der Waals surface area contributed by atoms with Crippen LogP contribution in [0.5, 0.6) is 0 Å². The van der Waals surface area contributed by atoms with Gasteiger partial charge in [-0.2, -0.15) is 0 Å². The van der Waals surface area contributed by atoms with E-state index in [1.54, 1.807) is 0 Å². The molecule has 0 saturated heterocycles. The summed E-state index contributed by atoms with van der Waals surface area (Å²) in [6.07, 6.45) is 0. The summed E-state index contributed by atoms with van der Waals surface area (Å²) in [6.45, 7) is 0. The zero-order valence-electron chi connectivity index (χ0n) is 30.0. The summed E-state index contributed by atoms with van der Waals surface area (Å²) in [5.74, 6) is 1.84. The van der Waals surface area contributed by atoms with E-state index in [-0.39, 0.29) is 0 Å². The quantitative estimate of drug-likeness (QED) is 0.182. The minimum absolute atomic E-state index is 0.599. The molecule has 0 saturated carbocycles. The van der Waals surface area contributed by atoms with E-state index in [1.807, 2.05) is 60.7 Å². The largest absolute Gasteiger partial charge is 0.455 e. The van der Waals surface area contributed by atoms with Crippen LogP contribution in [0.2, 0.25) is 0 Å². The predicted octanol–water partition coefficient (Wildman–Crippen LogP) is 13.3. The number of hydrogen-bond acceptors (Lipinski definition) is 4. The molecule has 0 bridgehead atoms. The Morgan fingerprint density at radius 2 is 0.982 bits per heavy atom. The Morgan fingerprint density at radius 1 is 0.375 bits per heavy atom. The molecule has 3 heterocycles. The second-order valence-electron chi connectivity index (χ2n) is 14.4. The molecule has 260 valence electrons. The van der Waals surface area contributed by atoms with Crippen LogP contribution in [0.15, 0.2) is 186 Å². The van der Waals surface area contributed by atoms with E-state index in [0.717, 1.165) is 66.1 Å². The van der Waals surface area contributed by atoms with Crippen LogP contribution in [-0.2, 0) is 0 Å². The highest BCUT2D eigenvalue weighted by atomic mass is 16.3. The fraction of sp³-hybridized carbons (Fsp3) is 0. The molecule has 5 heteroatoms. The first kappa shape index (κ1) is 30.8. The second kappa shape index (κ2) is 11.9. The molecule has 12 aromatic rings. The molecular formula is C51H30N4O. The zero-order chi connectivity index (χ0) is 36.7. The Hall–Kier alpha value is -7.63. The maximum Gasteiger partial charge on any atom is 0.164 e. The summed E-state index contributed by atoms with van der Waals surface area (Å²) in [6, 6.07) is 63.8. The smallest absolute Gasteiger partial charge is 0.164 e. The van der Waals surface area contributed by atoms with Crippen molar-refractivity contribution in [3.05, 3.63) is 182 Å². The van der Waals surface area contributed by atoms with Gasteiger partial charge in [-0.1, -0.05) is 140 Å². The van der Waals surface area contributed by atoms with Crippen molar-refractivity contribution in [1.82, 2.24) is 19.5 Å². The molecule has 0 aliphatic rings. The fourth-order valence-corrected chi connectivity index (χ4v) is 8.60. The Kier molecular flexibility index (Phi) is 6.56. The number of rotatable bonds is 4. The van der Waals surface area contributed by atoms with Gasteiger partial charge in [0.2, 0.25) is 0 Å². The number of hydrogen-bond donors (Lipinski definition) is 0. The third kappa shape index (κ3) is 4.64. The highest BCUT2D eigenvalue weighted by Gasteiger charge is 2.22. The molecule has 0 amide bonds. The minimum Gasteiger partial charge on any atom is -0.455 e. The monoisotopic (exact) mass is 714 g/mol. The summed E-state index contributed by atoms with van der Waals surface area (Å²) in [7, 11) is 0. The normalized spacial score (nSPS) is 11.9. The molecule has 56 heavy (non-hydrogen) atoms. The second-order valence-corrected chi connectivity index (χ2v) is 14.4. The summed E-state index contributed by atoms with van der Waals surface area (Å²) >= 11 is 0. The van der Waals surface area contributed by atoms with Crippen molar-refractivity contribution in [3.63, 3.8) is 0 Å². The Bertz CT molecular complexity index is 3470. The lowest BCUT2D eigenvalue weighted by atomic mass is 9.99. The van der Waals surface area contributed by atoms with E-state index in [0.29, 0.717) is 17.5 Å². The third-order valence-electron chi connectivity index (χ3n) is 11.2. The van der Waals surface area contributed by atoms with Crippen molar-refractivity contribution in [3.8, 4) is 39.9 Å². The van der Waals surface area contributed by atoms with Gasteiger partial charge in [0.25, 0.3) is 0 Å². The van der Waals surface area contributed by atoms with E-state index in [1.165, 1.54) is 32.3 Å². The van der Waals surface area contributed by atoms with Gasteiger partial charge in [0.05, 0.1) is 11.0 Å². The van der Waals surface area contributed by atoms with E-state index < -0.39 is 0 Å². The van der Waals surface area contributed by atoms with Crippen LogP contribution in [0.25, 0.3) is 116 Å². The Labute approximate surface area is 320 Å². The van der Waals surface area contributed by atoms with Crippen molar-refractivity contribution < 1.29 is 4.42 Å². The van der Waals surface area contributed by atoms with Crippen molar-refractivity contribution in [1.29, 1.82) is 0 Å². The van der Waals surface area contributed by atoms with Crippen LogP contribution in [-0.4, -0.2) is 19.5 Å². The average molecular weight is 715 g/mol. The Morgan fingerprint density at radius 3 is 1.71 bits per heavy atom. The van der Waals surface area contributed by atoms with Gasteiger partial charge in [0.15, 0.2) is 17.5 Å². The molecule has 0 spiro atoms. The van der Waals surface area contributed by atoms with Gasteiger partial charge in [-0.05, 0) is 63.3 Å². The third-order valence-corrected chi connectivity index (χ3v) is 11.2. The molecular weight excluding hydrogens is 685 g/mol. The topological polar surface area (TPSA) is 56.7 Å². The molecule has 0 fully saturated rings. The summed E-state index contributed by atoms with van der Waals surface area (Å²) in [4.78, 5) is 15.3. The highest BCUT2D eigenvalue weighted by molar-refractivity contribution is 6.24. The maximum absolute atomic E-state index is 6.98. The molecule has 0 aliphatic heterocycles. The van der Waals surface area contributed by atoms with Gasteiger partial charge in [-0.15, -0.1) is 0 Å². The average Bonchev–Trinajstić information content (AvgIpc) is 3.81. The first-order chi connectivity index (χ1) is 27.7. The van der Waals surface area contributed by atoms with Crippen molar-refractivity contribution in [2.75, 3.05) is 0 Å². The predicted molar refractivity (Wildman–Crippen MR) is 230 cm³/mol. The van der Waals surface area contributed by atoms with Crippen LogP contribution in [0.4, 0.5) is 0 Å². The number of furan rings is 1. The maximum atomic E-state index is 6.98. The molecule has 9 aromatic carbocycles. The first-order valence-electron chi connectivity index (χ1n) is 18.9. The van der Waals surface area contributed by atoms with Crippen LogP contribution >= 0.6 is 0 Å². The van der Waals surface area contributed by atoms with Crippen LogP contribution in [0.3, 0.4) is 0 Å². The highest BCUT2D eigenvalue weighted by Crippen LogP contribution is 2.43. The van der Waals surface area contributed by atoms with Gasteiger partial charge in [-0.25, -0.2) is 15.0 Å². The molecule has 0 atom stereocenters. The van der Waals surface area contributed by atoms with Crippen LogP contribution < -0.4 is 0 Å². The minimum atomic E-state index is 0.599. The summed E-state index contributed by atoms with van der Waals surface area (Å²) in [5, 5.41) is 11.5. The molecule has 0 N–H and O–H groups in total. The zero-order valence-corrected chi connectivity index (χ0v) is 30.0. The summed E-state index contributed by atoms with van der Waals surface area (Å²) in [5.41, 5.74) is 7.71. The van der Waals surface area contributed by atoms with Gasteiger partial charge in [0.1, 0.15) is 11.2 Å². The van der Waals surface area contributed by atoms with Crippen molar-refractivity contribution >= 4 is 76.1 Å². The number of aromatic nitrogens is 4. The Balaban J connectivity index is 1.14. The molecule has 0 radical (unpaired) electrons. The molecule has 5 nitrogen and oxygen atoms in total. The summed E-state index contributed by atoms with van der Waals surface area (Å²) < 4.78 is 9.36. The van der Waals surface area contributed by atoms with Gasteiger partial charge < -0.3 is 8.98 Å². The van der Waals surface area contributed by atoms with Crippen molar-refractivity contribution in [2.24, 2.45) is 0 Å². The van der Waals surface area contributed by atoms with Gasteiger partial charge in [0, 0.05) is 55.4 Å². The van der Waals surface area contributed by atoms with Gasteiger partial charge >= 0.3 is 0 Å². The number of fused-ring (bicyclic) bond motifs is 11. The van der Waals surface area contributed by atoms with E-state index in [2.05, 4.69) is 126 Å². The van der Waals surface area contributed by atoms with Gasteiger partial charge in [-0.3, -0.25) is 0 Å². The van der Waals surface area contributed by atoms with E-state index >= 15 is 0 Å². The molecule has 0 aliphatic carbocycles. The first-order valence-corrected chi connectivity index (χ1v) is 18.9. The lowest BCUT2D eigenvalue weighted by Crippen LogP contribution is -2.00. The SMILES string of the molecule is c1ccc(-c2nc(-c3ccccc3)nc(-c3cc4ccccc4c4oc5cc(-n6c7cc8ccccc8cc7c7c8ccccc8ccc76)ccc5c34)n2)cc1.